The summed E-state index contributed by atoms with van der Waals surface area (Å²) in [6.45, 7) is 1.84. The van der Waals surface area contributed by atoms with Crippen LogP contribution in [-0.4, -0.2) is 68.2 Å². The van der Waals surface area contributed by atoms with Crippen LogP contribution in [0.5, 0.6) is 0 Å². The molecule has 0 aliphatic carbocycles. The fourth-order valence-corrected chi connectivity index (χ4v) is 1.74. The van der Waals surface area contributed by atoms with Crippen LogP contribution in [0.1, 0.15) is 12.8 Å². The van der Waals surface area contributed by atoms with Crippen LogP contribution in [0.3, 0.4) is 0 Å². The maximum atomic E-state index is 11.7. The van der Waals surface area contributed by atoms with E-state index in [9.17, 15) is 14.4 Å². The first kappa shape index (κ1) is 14.3. The Morgan fingerprint density at radius 2 is 1.44 bits per heavy atom. The fourth-order valence-electron chi connectivity index (χ4n) is 1.74. The molecule has 1 rings (SSSR count). The van der Waals surface area contributed by atoms with Gasteiger partial charge in [0.05, 0.1) is 20.6 Å². The third-order valence-corrected chi connectivity index (χ3v) is 2.84. The van der Waals surface area contributed by atoms with Crippen molar-refractivity contribution >= 4 is 18.0 Å². The lowest BCUT2D eigenvalue weighted by atomic mass is 10.2. The lowest BCUT2D eigenvalue weighted by molar-refractivity contribution is -0.144. The monoisotopic (exact) mass is 258 g/mol. The number of piperazine rings is 1. The molecule has 0 saturated carbocycles. The Labute approximate surface area is 106 Å². The number of carbonyl (C=O) groups excluding carboxylic acids is 3. The highest BCUT2D eigenvalue weighted by atomic mass is 16.5. The highest BCUT2D eigenvalue weighted by Crippen LogP contribution is 2.06. The van der Waals surface area contributed by atoms with E-state index in [4.69, 9.17) is 0 Å². The molecule has 1 saturated heterocycles. The fraction of sp³-hybridized carbons (Fsp3) is 0.727. The van der Waals surface area contributed by atoms with Gasteiger partial charge in [0.25, 0.3) is 0 Å². The third-order valence-electron chi connectivity index (χ3n) is 2.84. The van der Waals surface area contributed by atoms with E-state index in [2.05, 4.69) is 9.47 Å². The Morgan fingerprint density at radius 3 is 1.94 bits per heavy atom. The Bertz CT molecular complexity index is 323. The normalized spacial score (nSPS) is 15.2. The lowest BCUT2D eigenvalue weighted by Gasteiger charge is -2.33. The van der Waals surface area contributed by atoms with Crippen LogP contribution in [0.2, 0.25) is 0 Å². The van der Waals surface area contributed by atoms with Crippen LogP contribution in [0.4, 0.5) is 4.79 Å². The molecular formula is C11H18N2O5. The molecule has 0 radical (unpaired) electrons. The minimum atomic E-state index is -0.392. The largest absolute Gasteiger partial charge is 0.469 e. The van der Waals surface area contributed by atoms with Gasteiger partial charge in [0.1, 0.15) is 0 Å². The van der Waals surface area contributed by atoms with E-state index >= 15 is 0 Å². The Hall–Kier alpha value is -1.79. The van der Waals surface area contributed by atoms with Crippen LogP contribution in [0, 0.1) is 0 Å². The molecule has 1 aliphatic heterocycles. The van der Waals surface area contributed by atoms with E-state index in [1.807, 2.05) is 0 Å². The van der Waals surface area contributed by atoms with Crippen LogP contribution in [-0.2, 0) is 19.1 Å². The number of hydrogen-bond acceptors (Lipinski definition) is 5. The molecule has 0 N–H and O–H groups in total. The quantitative estimate of drug-likeness (QED) is 0.658. The number of rotatable bonds is 3. The van der Waals surface area contributed by atoms with E-state index in [1.165, 1.54) is 14.2 Å². The average Bonchev–Trinajstić information content (AvgIpc) is 2.43. The van der Waals surface area contributed by atoms with Crippen molar-refractivity contribution in [2.24, 2.45) is 0 Å². The SMILES string of the molecule is COC(=O)CCC(=O)N1CCN(C(=O)OC)CC1. The second-order valence-electron chi connectivity index (χ2n) is 3.91. The van der Waals surface area contributed by atoms with Crippen molar-refractivity contribution in [2.75, 3.05) is 40.4 Å². The zero-order valence-corrected chi connectivity index (χ0v) is 10.7. The van der Waals surface area contributed by atoms with E-state index in [0.717, 1.165) is 0 Å². The highest BCUT2D eigenvalue weighted by molar-refractivity contribution is 5.81. The summed E-state index contributed by atoms with van der Waals surface area (Å²) in [6, 6.07) is 0. The summed E-state index contributed by atoms with van der Waals surface area (Å²) < 4.78 is 9.07. The molecule has 18 heavy (non-hydrogen) atoms. The Morgan fingerprint density at radius 1 is 0.889 bits per heavy atom. The van der Waals surface area contributed by atoms with Gasteiger partial charge in [-0.05, 0) is 0 Å². The first-order chi connectivity index (χ1) is 8.58. The summed E-state index contributed by atoms with van der Waals surface area (Å²) in [5.74, 6) is -0.485. The molecule has 0 bridgehead atoms. The van der Waals surface area contributed by atoms with Gasteiger partial charge >= 0.3 is 12.1 Å². The van der Waals surface area contributed by atoms with Gasteiger partial charge in [-0.15, -0.1) is 0 Å². The second-order valence-corrected chi connectivity index (χ2v) is 3.91. The molecule has 0 aromatic carbocycles. The highest BCUT2D eigenvalue weighted by Gasteiger charge is 2.24. The van der Waals surface area contributed by atoms with Crippen molar-refractivity contribution < 1.29 is 23.9 Å². The smallest absolute Gasteiger partial charge is 0.409 e. The molecule has 7 heteroatoms. The summed E-state index contributed by atoms with van der Waals surface area (Å²) in [5.41, 5.74) is 0. The maximum absolute atomic E-state index is 11.7. The van der Waals surface area contributed by atoms with Gasteiger partial charge < -0.3 is 19.3 Å². The standard InChI is InChI=1S/C11H18N2O5/c1-17-10(15)4-3-9(14)12-5-7-13(8-6-12)11(16)18-2/h3-8H2,1-2H3. The summed E-state index contributed by atoms with van der Waals surface area (Å²) in [5, 5.41) is 0. The molecule has 2 amide bonds. The lowest BCUT2D eigenvalue weighted by Crippen LogP contribution is -2.50. The molecule has 0 aromatic heterocycles. The number of carbonyl (C=O) groups is 3. The minimum Gasteiger partial charge on any atom is -0.469 e. The van der Waals surface area contributed by atoms with E-state index in [-0.39, 0.29) is 24.8 Å². The van der Waals surface area contributed by atoms with Crippen molar-refractivity contribution in [3.8, 4) is 0 Å². The molecule has 102 valence electrons. The maximum Gasteiger partial charge on any atom is 0.409 e. The van der Waals surface area contributed by atoms with Crippen LogP contribution >= 0.6 is 0 Å². The summed E-state index contributed by atoms with van der Waals surface area (Å²) in [4.78, 5) is 37.1. The third kappa shape index (κ3) is 3.90. The van der Waals surface area contributed by atoms with Gasteiger partial charge in [-0.1, -0.05) is 0 Å². The van der Waals surface area contributed by atoms with Crippen LogP contribution < -0.4 is 0 Å². The zero-order valence-electron chi connectivity index (χ0n) is 10.7. The molecule has 1 aliphatic rings. The molecule has 1 heterocycles. The van der Waals surface area contributed by atoms with Crippen molar-refractivity contribution in [1.29, 1.82) is 0 Å². The van der Waals surface area contributed by atoms with Gasteiger partial charge in [-0.2, -0.15) is 0 Å². The zero-order chi connectivity index (χ0) is 13.5. The first-order valence-electron chi connectivity index (χ1n) is 5.76. The number of nitrogens with zero attached hydrogens (tertiary/aromatic N) is 2. The second kappa shape index (κ2) is 6.83. The Kier molecular flexibility index (Phi) is 5.41. The predicted molar refractivity (Wildman–Crippen MR) is 61.8 cm³/mol. The number of hydrogen-bond donors (Lipinski definition) is 0. The van der Waals surface area contributed by atoms with E-state index < -0.39 is 5.97 Å². The molecule has 0 aromatic rings. The molecule has 0 atom stereocenters. The van der Waals surface area contributed by atoms with Crippen LogP contribution in [0.25, 0.3) is 0 Å². The molecule has 7 nitrogen and oxygen atoms in total. The number of amides is 2. The molecule has 1 fully saturated rings. The van der Waals surface area contributed by atoms with Crippen LogP contribution in [0.15, 0.2) is 0 Å². The molecular weight excluding hydrogens is 240 g/mol. The van der Waals surface area contributed by atoms with Gasteiger partial charge in [0.2, 0.25) is 5.91 Å². The summed E-state index contributed by atoms with van der Waals surface area (Å²) in [6.07, 6.45) is -0.145. The van der Waals surface area contributed by atoms with E-state index in [0.29, 0.717) is 26.2 Å². The van der Waals surface area contributed by atoms with Crippen molar-refractivity contribution in [2.45, 2.75) is 12.8 Å². The Balaban J connectivity index is 2.31. The number of ether oxygens (including phenoxy) is 2. The summed E-state index contributed by atoms with van der Waals surface area (Å²) >= 11 is 0. The van der Waals surface area contributed by atoms with Gasteiger partial charge in [-0.25, -0.2) is 4.79 Å². The predicted octanol–water partition coefficient (Wildman–Crippen LogP) is -0.150. The average molecular weight is 258 g/mol. The van der Waals surface area contributed by atoms with Crippen molar-refractivity contribution in [3.63, 3.8) is 0 Å². The first-order valence-corrected chi connectivity index (χ1v) is 5.76. The molecule has 0 spiro atoms. The van der Waals surface area contributed by atoms with Crippen molar-refractivity contribution in [1.82, 2.24) is 9.80 Å². The number of esters is 1. The van der Waals surface area contributed by atoms with E-state index in [1.54, 1.807) is 9.80 Å². The number of methoxy groups -OCH3 is 2. The van der Waals surface area contributed by atoms with Gasteiger partial charge in [0.15, 0.2) is 0 Å². The topological polar surface area (TPSA) is 76.2 Å². The minimum absolute atomic E-state index is 0.0898. The van der Waals surface area contributed by atoms with Gasteiger partial charge in [0, 0.05) is 32.6 Å². The van der Waals surface area contributed by atoms with Gasteiger partial charge in [-0.3, -0.25) is 9.59 Å². The molecule has 0 unspecified atom stereocenters. The van der Waals surface area contributed by atoms with Crippen molar-refractivity contribution in [3.05, 3.63) is 0 Å². The summed E-state index contributed by atoms with van der Waals surface area (Å²) in [7, 11) is 2.62.